The van der Waals surface area contributed by atoms with E-state index < -0.39 is 0 Å². The monoisotopic (exact) mass is 261 g/mol. The van der Waals surface area contributed by atoms with Gasteiger partial charge in [-0.25, -0.2) is 4.98 Å². The lowest BCUT2D eigenvalue weighted by atomic mass is 9.98. The zero-order valence-electron chi connectivity index (χ0n) is 12.0. The summed E-state index contributed by atoms with van der Waals surface area (Å²) in [7, 11) is 6.12. The number of rotatable bonds is 3. The van der Waals surface area contributed by atoms with E-state index in [1.54, 1.807) is 0 Å². The van der Waals surface area contributed by atoms with E-state index in [9.17, 15) is 0 Å². The Bertz CT molecular complexity index is 435. The predicted molar refractivity (Wildman–Crippen MR) is 77.7 cm³/mol. The quantitative estimate of drug-likeness (QED) is 0.887. The summed E-state index contributed by atoms with van der Waals surface area (Å²) in [6.45, 7) is 0. The maximum absolute atomic E-state index is 4.64. The van der Waals surface area contributed by atoms with Crippen LogP contribution in [0.3, 0.4) is 0 Å². The van der Waals surface area contributed by atoms with Gasteiger partial charge in [-0.05, 0) is 31.7 Å². The minimum atomic E-state index is 0.601. The maximum Gasteiger partial charge on any atom is 0.226 e. The first kappa shape index (κ1) is 12.7. The van der Waals surface area contributed by atoms with Gasteiger partial charge in [-0.15, -0.1) is 0 Å². The molecule has 2 unspecified atom stereocenters. The maximum atomic E-state index is 4.64. The Morgan fingerprint density at radius 3 is 2.47 bits per heavy atom. The number of hydrogen-bond acceptors (Lipinski definition) is 5. The van der Waals surface area contributed by atoms with Crippen molar-refractivity contribution in [1.82, 2.24) is 15.3 Å². The fraction of sp³-hybridized carbons (Fsp3) is 0.714. The molecule has 2 bridgehead atoms. The predicted octanol–water partition coefficient (Wildman–Crippen LogP) is 1.26. The summed E-state index contributed by atoms with van der Waals surface area (Å²) < 4.78 is 0. The summed E-state index contributed by atoms with van der Waals surface area (Å²) in [5.41, 5.74) is 0. The molecule has 2 aliphatic rings. The zero-order chi connectivity index (χ0) is 13.4. The van der Waals surface area contributed by atoms with Crippen LogP contribution in [0.5, 0.6) is 0 Å². The van der Waals surface area contributed by atoms with Crippen molar-refractivity contribution in [1.29, 1.82) is 0 Å². The molecule has 0 amide bonds. The highest BCUT2D eigenvalue weighted by atomic mass is 15.3. The van der Waals surface area contributed by atoms with Crippen molar-refractivity contribution in [2.45, 2.75) is 43.8 Å². The molecule has 3 heterocycles. The number of aromatic nitrogens is 2. The second-order valence-electron chi connectivity index (χ2n) is 5.98. The largest absolute Gasteiger partial charge is 0.356 e. The third-order valence-electron chi connectivity index (χ3n) is 4.39. The van der Waals surface area contributed by atoms with E-state index in [2.05, 4.69) is 27.2 Å². The summed E-state index contributed by atoms with van der Waals surface area (Å²) in [6, 6.07) is 4.03. The highest BCUT2D eigenvalue weighted by molar-refractivity contribution is 5.43. The fourth-order valence-corrected chi connectivity index (χ4v) is 3.28. The van der Waals surface area contributed by atoms with Gasteiger partial charge in [0.2, 0.25) is 5.95 Å². The Hall–Kier alpha value is -1.36. The minimum Gasteiger partial charge on any atom is -0.356 e. The molecule has 1 aromatic heterocycles. The Morgan fingerprint density at radius 1 is 1.16 bits per heavy atom. The lowest BCUT2D eigenvalue weighted by molar-refractivity contribution is 0.354. The molecule has 0 aromatic carbocycles. The summed E-state index contributed by atoms with van der Waals surface area (Å²) in [5.74, 6) is 1.81. The SMILES string of the molecule is CN(C)c1nccc(N(C)C2CC3CCC(C2)N3)n1. The van der Waals surface area contributed by atoms with Gasteiger partial charge in [0, 0.05) is 45.5 Å². The standard InChI is InChI=1S/C14H23N5/c1-18(2)14-15-7-6-13(17-14)19(3)12-8-10-4-5-11(9-12)16-10/h6-7,10-12,16H,4-5,8-9H2,1-3H3. The molecule has 19 heavy (non-hydrogen) atoms. The van der Waals surface area contributed by atoms with Gasteiger partial charge in [-0.1, -0.05) is 0 Å². The molecule has 1 N–H and O–H groups in total. The molecule has 2 saturated heterocycles. The molecule has 3 rings (SSSR count). The Labute approximate surface area is 115 Å². The van der Waals surface area contributed by atoms with Crippen LogP contribution in [0.1, 0.15) is 25.7 Å². The molecule has 0 spiro atoms. The van der Waals surface area contributed by atoms with Crippen molar-refractivity contribution in [3.8, 4) is 0 Å². The van der Waals surface area contributed by atoms with Crippen LogP contribution in [0, 0.1) is 0 Å². The molecule has 2 aliphatic heterocycles. The average molecular weight is 261 g/mol. The fourth-order valence-electron chi connectivity index (χ4n) is 3.28. The zero-order valence-corrected chi connectivity index (χ0v) is 12.0. The van der Waals surface area contributed by atoms with Gasteiger partial charge < -0.3 is 15.1 Å². The van der Waals surface area contributed by atoms with Crippen LogP contribution < -0.4 is 15.1 Å². The minimum absolute atomic E-state index is 0.601. The van der Waals surface area contributed by atoms with E-state index in [1.165, 1.54) is 25.7 Å². The highest BCUT2D eigenvalue weighted by Crippen LogP contribution is 2.31. The van der Waals surface area contributed by atoms with E-state index >= 15 is 0 Å². The van der Waals surface area contributed by atoms with Crippen molar-refractivity contribution in [2.75, 3.05) is 30.9 Å². The van der Waals surface area contributed by atoms with Gasteiger partial charge in [0.15, 0.2) is 0 Å². The summed E-state index contributed by atoms with van der Waals surface area (Å²) in [4.78, 5) is 13.2. The van der Waals surface area contributed by atoms with Gasteiger partial charge in [0.25, 0.3) is 0 Å². The lowest BCUT2D eigenvalue weighted by Crippen LogP contribution is -2.47. The summed E-state index contributed by atoms with van der Waals surface area (Å²) >= 11 is 0. The van der Waals surface area contributed by atoms with Crippen LogP contribution in [0.15, 0.2) is 12.3 Å². The second kappa shape index (κ2) is 4.96. The third-order valence-corrected chi connectivity index (χ3v) is 4.39. The average Bonchev–Trinajstić information content (AvgIpc) is 2.76. The van der Waals surface area contributed by atoms with Gasteiger partial charge in [0.05, 0.1) is 0 Å². The number of piperidine rings is 1. The van der Waals surface area contributed by atoms with Crippen molar-refractivity contribution in [2.24, 2.45) is 0 Å². The number of nitrogens with one attached hydrogen (secondary N) is 1. The van der Waals surface area contributed by atoms with Gasteiger partial charge >= 0.3 is 0 Å². The Kier molecular flexibility index (Phi) is 3.31. The van der Waals surface area contributed by atoms with E-state index in [-0.39, 0.29) is 0 Å². The van der Waals surface area contributed by atoms with Crippen LogP contribution in [-0.4, -0.2) is 49.2 Å². The van der Waals surface area contributed by atoms with Crippen LogP contribution in [0.4, 0.5) is 11.8 Å². The summed E-state index contributed by atoms with van der Waals surface area (Å²) in [6.07, 6.45) is 6.98. The second-order valence-corrected chi connectivity index (χ2v) is 5.98. The third kappa shape index (κ3) is 2.52. The van der Waals surface area contributed by atoms with E-state index in [0.29, 0.717) is 18.1 Å². The molecule has 104 valence electrons. The van der Waals surface area contributed by atoms with Crippen molar-refractivity contribution < 1.29 is 0 Å². The molecule has 0 saturated carbocycles. The molecule has 2 fully saturated rings. The van der Waals surface area contributed by atoms with E-state index in [4.69, 9.17) is 0 Å². The smallest absolute Gasteiger partial charge is 0.226 e. The number of nitrogens with zero attached hydrogens (tertiary/aromatic N) is 4. The van der Waals surface area contributed by atoms with Gasteiger partial charge in [-0.2, -0.15) is 4.98 Å². The molecule has 1 aromatic rings. The molecular formula is C14H23N5. The van der Waals surface area contributed by atoms with Crippen LogP contribution >= 0.6 is 0 Å². The van der Waals surface area contributed by atoms with E-state index in [0.717, 1.165) is 11.8 Å². The topological polar surface area (TPSA) is 44.3 Å². The molecule has 0 aliphatic carbocycles. The molecule has 0 radical (unpaired) electrons. The first-order valence-corrected chi connectivity index (χ1v) is 7.12. The number of fused-ring (bicyclic) bond motifs is 2. The van der Waals surface area contributed by atoms with Crippen LogP contribution in [0.2, 0.25) is 0 Å². The van der Waals surface area contributed by atoms with Crippen molar-refractivity contribution >= 4 is 11.8 Å². The van der Waals surface area contributed by atoms with Crippen LogP contribution in [0.25, 0.3) is 0 Å². The summed E-state index contributed by atoms with van der Waals surface area (Å²) in [5, 5.41) is 3.69. The Balaban J connectivity index is 1.76. The molecule has 2 atom stereocenters. The highest BCUT2D eigenvalue weighted by Gasteiger charge is 2.35. The Morgan fingerprint density at radius 2 is 1.84 bits per heavy atom. The normalized spacial score (nSPS) is 29.3. The lowest BCUT2D eigenvalue weighted by Gasteiger charge is -2.36. The molecular weight excluding hydrogens is 238 g/mol. The first-order valence-electron chi connectivity index (χ1n) is 7.12. The van der Waals surface area contributed by atoms with Crippen molar-refractivity contribution in [3.05, 3.63) is 12.3 Å². The first-order chi connectivity index (χ1) is 9.13. The van der Waals surface area contributed by atoms with Gasteiger partial charge in [0.1, 0.15) is 5.82 Å². The van der Waals surface area contributed by atoms with E-state index in [1.807, 2.05) is 31.3 Å². The molecule has 5 heteroatoms. The van der Waals surface area contributed by atoms with Crippen molar-refractivity contribution in [3.63, 3.8) is 0 Å². The number of anilines is 2. The van der Waals surface area contributed by atoms with Gasteiger partial charge in [-0.3, -0.25) is 0 Å². The molecule has 5 nitrogen and oxygen atoms in total. The number of hydrogen-bond donors (Lipinski definition) is 1. The van der Waals surface area contributed by atoms with Crippen LogP contribution in [-0.2, 0) is 0 Å².